The molecule has 2 aromatic rings. The van der Waals surface area contributed by atoms with Crippen molar-refractivity contribution in [3.8, 4) is 0 Å². The second-order valence-corrected chi connectivity index (χ2v) is 12.3. The monoisotopic (exact) mass is 513 g/mol. The summed E-state index contributed by atoms with van der Waals surface area (Å²) in [5.74, 6) is 0.287. The van der Waals surface area contributed by atoms with Crippen molar-refractivity contribution in [3.05, 3.63) is 65.7 Å². The molecule has 2 fully saturated rings. The first-order chi connectivity index (χ1) is 17.5. The van der Waals surface area contributed by atoms with Crippen LogP contribution in [0.3, 0.4) is 0 Å². The van der Waals surface area contributed by atoms with Gasteiger partial charge in [0.05, 0.1) is 18.2 Å². The standard InChI is InChI=1S/C31H45F2N3O/c1-6-27-26(17-16-25(37-27)20-34-24-18-30(2,3)36-31(4,5)19-24)28(21-10-8-7-9-11-21)35-23-14-12-22(13-15-23)29(32)33/h7-15,24-29,34-36H,6,16-20H2,1-5H3/t25?,26?,27?,28-/m0/s1. The first-order valence-corrected chi connectivity index (χ1v) is 13.9. The van der Waals surface area contributed by atoms with Crippen LogP contribution in [-0.2, 0) is 4.74 Å². The molecule has 2 saturated heterocycles. The summed E-state index contributed by atoms with van der Waals surface area (Å²) < 4.78 is 32.8. The Morgan fingerprint density at radius 1 is 0.919 bits per heavy atom. The van der Waals surface area contributed by atoms with Crippen LogP contribution in [0.5, 0.6) is 0 Å². The van der Waals surface area contributed by atoms with Crippen LogP contribution >= 0.6 is 0 Å². The van der Waals surface area contributed by atoms with Gasteiger partial charge >= 0.3 is 0 Å². The van der Waals surface area contributed by atoms with Crippen molar-refractivity contribution < 1.29 is 13.5 Å². The van der Waals surface area contributed by atoms with E-state index in [0.717, 1.165) is 44.3 Å². The van der Waals surface area contributed by atoms with E-state index in [1.165, 1.54) is 17.7 Å². The highest BCUT2D eigenvalue weighted by Gasteiger charge is 2.39. The molecule has 0 radical (unpaired) electrons. The van der Waals surface area contributed by atoms with Gasteiger partial charge in [-0.3, -0.25) is 0 Å². The highest BCUT2D eigenvalue weighted by atomic mass is 19.3. The Labute approximate surface area is 222 Å². The third-order valence-corrected chi connectivity index (χ3v) is 7.97. The molecular weight excluding hydrogens is 468 g/mol. The Bertz CT molecular complexity index is 964. The molecule has 3 unspecified atom stereocenters. The maximum atomic E-state index is 13.1. The zero-order chi connectivity index (χ0) is 26.6. The minimum atomic E-state index is -2.46. The number of ether oxygens (including phenoxy) is 1. The topological polar surface area (TPSA) is 45.3 Å². The summed E-state index contributed by atoms with van der Waals surface area (Å²) in [5.41, 5.74) is 2.33. The zero-order valence-electron chi connectivity index (χ0n) is 23.1. The van der Waals surface area contributed by atoms with E-state index in [1.54, 1.807) is 12.1 Å². The fourth-order valence-corrected chi connectivity index (χ4v) is 6.68. The number of anilines is 1. The maximum Gasteiger partial charge on any atom is 0.263 e. The van der Waals surface area contributed by atoms with Crippen molar-refractivity contribution in [2.24, 2.45) is 5.92 Å². The number of hydrogen-bond acceptors (Lipinski definition) is 4. The summed E-state index contributed by atoms with van der Waals surface area (Å²) in [6.07, 6.45) is 3.06. The van der Waals surface area contributed by atoms with Crippen LogP contribution in [0, 0.1) is 5.92 Å². The Balaban J connectivity index is 1.43. The van der Waals surface area contributed by atoms with Crippen LogP contribution in [0.25, 0.3) is 0 Å². The average Bonchev–Trinajstić information content (AvgIpc) is 2.85. The van der Waals surface area contributed by atoms with Crippen molar-refractivity contribution in [1.29, 1.82) is 0 Å². The van der Waals surface area contributed by atoms with E-state index in [4.69, 9.17) is 4.74 Å². The van der Waals surface area contributed by atoms with Gasteiger partial charge in [0, 0.05) is 40.8 Å². The molecule has 6 heteroatoms. The van der Waals surface area contributed by atoms with Gasteiger partial charge < -0.3 is 20.7 Å². The van der Waals surface area contributed by atoms with Gasteiger partial charge in [-0.05, 0) is 77.5 Å². The smallest absolute Gasteiger partial charge is 0.263 e. The van der Waals surface area contributed by atoms with Crippen LogP contribution in [0.2, 0.25) is 0 Å². The lowest BCUT2D eigenvalue weighted by Gasteiger charge is -2.47. The first kappa shape index (κ1) is 28.0. The summed E-state index contributed by atoms with van der Waals surface area (Å²) in [6, 6.07) is 17.5. The molecule has 2 aliphatic heterocycles. The van der Waals surface area contributed by atoms with Crippen LogP contribution < -0.4 is 16.0 Å². The molecular formula is C31H45F2N3O. The number of rotatable bonds is 9. The quantitative estimate of drug-likeness (QED) is 0.330. The number of alkyl halides is 2. The maximum absolute atomic E-state index is 13.1. The number of nitrogens with one attached hydrogen (secondary N) is 3. The summed E-state index contributed by atoms with van der Waals surface area (Å²) in [6.45, 7) is 12.2. The van der Waals surface area contributed by atoms with Gasteiger partial charge in [0.15, 0.2) is 0 Å². The highest BCUT2D eigenvalue weighted by molar-refractivity contribution is 5.47. The third-order valence-electron chi connectivity index (χ3n) is 7.97. The minimum absolute atomic E-state index is 0.0449. The lowest BCUT2D eigenvalue weighted by atomic mass is 9.79. The molecule has 4 atom stereocenters. The lowest BCUT2D eigenvalue weighted by molar-refractivity contribution is -0.0889. The third kappa shape index (κ3) is 7.52. The number of halogens is 2. The molecule has 0 aliphatic carbocycles. The first-order valence-electron chi connectivity index (χ1n) is 13.9. The van der Waals surface area contributed by atoms with E-state index >= 15 is 0 Å². The second kappa shape index (κ2) is 11.8. The molecule has 2 aromatic carbocycles. The predicted molar refractivity (Wildman–Crippen MR) is 148 cm³/mol. The van der Waals surface area contributed by atoms with Crippen molar-refractivity contribution in [1.82, 2.24) is 10.6 Å². The van der Waals surface area contributed by atoms with Crippen LogP contribution in [-0.4, -0.2) is 35.9 Å². The summed E-state index contributed by atoms with van der Waals surface area (Å²) in [7, 11) is 0. The number of hydrogen-bond donors (Lipinski definition) is 3. The van der Waals surface area contributed by atoms with Gasteiger partial charge in [0.25, 0.3) is 6.43 Å². The van der Waals surface area contributed by atoms with Gasteiger partial charge in [-0.25, -0.2) is 8.78 Å². The van der Waals surface area contributed by atoms with Crippen molar-refractivity contribution in [3.63, 3.8) is 0 Å². The lowest BCUT2D eigenvalue weighted by Crippen LogP contribution is -2.62. The number of piperidine rings is 1. The molecule has 2 heterocycles. The van der Waals surface area contributed by atoms with Crippen molar-refractivity contribution in [2.75, 3.05) is 11.9 Å². The van der Waals surface area contributed by atoms with Gasteiger partial charge in [0.1, 0.15) is 0 Å². The van der Waals surface area contributed by atoms with Crippen molar-refractivity contribution >= 4 is 5.69 Å². The van der Waals surface area contributed by atoms with E-state index in [1.807, 2.05) is 6.07 Å². The minimum Gasteiger partial charge on any atom is -0.378 e. The van der Waals surface area contributed by atoms with E-state index in [9.17, 15) is 8.78 Å². The SMILES string of the molecule is CCC1OC(CNC2CC(C)(C)NC(C)(C)C2)CCC1[C@@H](Nc1ccc(C(F)F)cc1)c1ccccc1. The molecule has 0 saturated carbocycles. The Morgan fingerprint density at radius 2 is 1.57 bits per heavy atom. The van der Waals surface area contributed by atoms with Gasteiger partial charge in [-0.15, -0.1) is 0 Å². The van der Waals surface area contributed by atoms with Crippen LogP contribution in [0.1, 0.15) is 90.3 Å². The molecule has 2 aliphatic rings. The molecule has 4 rings (SSSR count). The van der Waals surface area contributed by atoms with E-state index < -0.39 is 6.43 Å². The van der Waals surface area contributed by atoms with Crippen LogP contribution in [0.4, 0.5) is 14.5 Å². The Hall–Kier alpha value is -2.02. The molecule has 37 heavy (non-hydrogen) atoms. The molecule has 0 amide bonds. The Kier molecular flexibility index (Phi) is 8.93. The fourth-order valence-electron chi connectivity index (χ4n) is 6.68. The normalized spacial score (nSPS) is 26.6. The second-order valence-electron chi connectivity index (χ2n) is 12.3. The number of benzene rings is 2. The molecule has 3 N–H and O–H groups in total. The van der Waals surface area contributed by atoms with Gasteiger partial charge in [-0.2, -0.15) is 0 Å². The largest absolute Gasteiger partial charge is 0.378 e. The fraction of sp³-hybridized carbons (Fsp3) is 0.613. The van der Waals surface area contributed by atoms with Gasteiger partial charge in [-0.1, -0.05) is 49.4 Å². The average molecular weight is 514 g/mol. The predicted octanol–water partition coefficient (Wildman–Crippen LogP) is 7.25. The van der Waals surface area contributed by atoms with Crippen LogP contribution in [0.15, 0.2) is 54.6 Å². The summed E-state index contributed by atoms with van der Waals surface area (Å²) in [5, 5.41) is 11.3. The van der Waals surface area contributed by atoms with E-state index in [0.29, 0.717) is 6.04 Å². The summed E-state index contributed by atoms with van der Waals surface area (Å²) in [4.78, 5) is 0. The molecule has 0 spiro atoms. The zero-order valence-corrected chi connectivity index (χ0v) is 23.1. The summed E-state index contributed by atoms with van der Waals surface area (Å²) >= 11 is 0. The van der Waals surface area contributed by atoms with E-state index in [2.05, 4.69) is 74.8 Å². The molecule has 204 valence electrons. The Morgan fingerprint density at radius 3 is 2.16 bits per heavy atom. The molecule has 0 bridgehead atoms. The molecule has 4 nitrogen and oxygen atoms in total. The van der Waals surface area contributed by atoms with Gasteiger partial charge in [0.2, 0.25) is 0 Å². The highest BCUT2D eigenvalue weighted by Crippen LogP contribution is 2.39. The molecule has 0 aromatic heterocycles. The van der Waals surface area contributed by atoms with Crippen molar-refractivity contribution in [2.45, 2.75) is 109 Å². The van der Waals surface area contributed by atoms with E-state index in [-0.39, 0.29) is 40.8 Å².